The van der Waals surface area contributed by atoms with E-state index in [4.69, 9.17) is 11.1 Å². The molecule has 0 bridgehead atoms. The number of nitrogens with one attached hydrogen (secondary N) is 1. The van der Waals surface area contributed by atoms with Crippen LogP contribution in [0.2, 0.25) is 0 Å². The van der Waals surface area contributed by atoms with Gasteiger partial charge in [0.15, 0.2) is 0 Å². The van der Waals surface area contributed by atoms with Crippen molar-refractivity contribution in [3.63, 3.8) is 0 Å². The zero-order valence-corrected chi connectivity index (χ0v) is 8.77. The first-order chi connectivity index (χ1) is 7.11. The zero-order chi connectivity index (χ0) is 11.4. The standard InChI is InChI=1S/C10H14N4O/c1-7(2)9(10(15)13-12)14-5-3-4-8(14)6-11/h3-5,7,9H,12H2,1-2H3,(H,13,15). The molecule has 1 aromatic rings. The molecule has 0 aliphatic carbocycles. The third kappa shape index (κ3) is 2.17. The van der Waals surface area contributed by atoms with Gasteiger partial charge < -0.3 is 4.57 Å². The molecule has 1 amide bonds. The first-order valence-electron chi connectivity index (χ1n) is 4.69. The smallest absolute Gasteiger partial charge is 0.257 e. The fourth-order valence-corrected chi connectivity index (χ4v) is 1.57. The van der Waals surface area contributed by atoms with Crippen molar-refractivity contribution in [2.75, 3.05) is 0 Å². The largest absolute Gasteiger partial charge is 0.327 e. The van der Waals surface area contributed by atoms with E-state index in [0.717, 1.165) is 0 Å². The number of amides is 1. The Bertz CT molecular complexity index is 388. The number of aromatic nitrogens is 1. The molecule has 80 valence electrons. The van der Waals surface area contributed by atoms with Crippen molar-refractivity contribution < 1.29 is 4.79 Å². The Labute approximate surface area is 88.5 Å². The van der Waals surface area contributed by atoms with Gasteiger partial charge in [0.2, 0.25) is 0 Å². The number of nitrogens with zero attached hydrogens (tertiary/aromatic N) is 2. The summed E-state index contributed by atoms with van der Waals surface area (Å²) in [6.45, 7) is 3.81. The highest BCUT2D eigenvalue weighted by molar-refractivity contribution is 5.80. The highest BCUT2D eigenvalue weighted by Crippen LogP contribution is 2.20. The highest BCUT2D eigenvalue weighted by atomic mass is 16.2. The summed E-state index contributed by atoms with van der Waals surface area (Å²) in [6.07, 6.45) is 1.71. The second-order valence-corrected chi connectivity index (χ2v) is 3.61. The number of hydrazine groups is 1. The molecule has 15 heavy (non-hydrogen) atoms. The summed E-state index contributed by atoms with van der Waals surface area (Å²) in [5.74, 6) is 4.88. The zero-order valence-electron chi connectivity index (χ0n) is 8.77. The van der Waals surface area contributed by atoms with Crippen LogP contribution in [-0.2, 0) is 4.79 Å². The van der Waals surface area contributed by atoms with E-state index >= 15 is 0 Å². The molecule has 0 aliphatic rings. The van der Waals surface area contributed by atoms with Crippen molar-refractivity contribution in [3.8, 4) is 6.07 Å². The Morgan fingerprint density at radius 3 is 2.80 bits per heavy atom. The van der Waals surface area contributed by atoms with E-state index in [1.165, 1.54) is 0 Å². The van der Waals surface area contributed by atoms with Crippen LogP contribution in [0.3, 0.4) is 0 Å². The number of hydrogen-bond donors (Lipinski definition) is 2. The fourth-order valence-electron chi connectivity index (χ4n) is 1.57. The fraction of sp³-hybridized carbons (Fsp3) is 0.400. The van der Waals surface area contributed by atoms with Crippen molar-refractivity contribution in [1.29, 1.82) is 5.26 Å². The number of nitrogens with two attached hydrogens (primary N) is 1. The number of rotatable bonds is 3. The van der Waals surface area contributed by atoms with Crippen molar-refractivity contribution in [1.82, 2.24) is 9.99 Å². The molecule has 5 nitrogen and oxygen atoms in total. The lowest BCUT2D eigenvalue weighted by Gasteiger charge is -2.21. The second kappa shape index (κ2) is 4.62. The molecule has 1 rings (SSSR count). The predicted molar refractivity (Wildman–Crippen MR) is 55.4 cm³/mol. The Kier molecular flexibility index (Phi) is 3.47. The van der Waals surface area contributed by atoms with Crippen LogP contribution in [0.4, 0.5) is 0 Å². The van der Waals surface area contributed by atoms with Gasteiger partial charge in [-0.15, -0.1) is 0 Å². The maximum Gasteiger partial charge on any atom is 0.257 e. The molecule has 0 aromatic carbocycles. The summed E-state index contributed by atoms with van der Waals surface area (Å²) in [6, 6.07) is 4.99. The van der Waals surface area contributed by atoms with Gasteiger partial charge in [0.05, 0.1) is 0 Å². The quantitative estimate of drug-likeness (QED) is 0.430. The Morgan fingerprint density at radius 2 is 2.33 bits per heavy atom. The van der Waals surface area contributed by atoms with E-state index in [1.807, 2.05) is 19.9 Å². The van der Waals surface area contributed by atoms with Gasteiger partial charge in [-0.3, -0.25) is 10.2 Å². The van der Waals surface area contributed by atoms with Crippen molar-refractivity contribution in [2.24, 2.45) is 11.8 Å². The molecular weight excluding hydrogens is 192 g/mol. The molecule has 0 aliphatic heterocycles. The van der Waals surface area contributed by atoms with E-state index in [-0.39, 0.29) is 11.8 Å². The van der Waals surface area contributed by atoms with Gasteiger partial charge in [0.1, 0.15) is 17.8 Å². The van der Waals surface area contributed by atoms with Crippen LogP contribution in [0.15, 0.2) is 18.3 Å². The maximum atomic E-state index is 11.6. The highest BCUT2D eigenvalue weighted by Gasteiger charge is 2.24. The van der Waals surface area contributed by atoms with Crippen molar-refractivity contribution in [2.45, 2.75) is 19.9 Å². The van der Waals surface area contributed by atoms with Crippen molar-refractivity contribution in [3.05, 3.63) is 24.0 Å². The third-order valence-corrected chi connectivity index (χ3v) is 2.24. The summed E-state index contributed by atoms with van der Waals surface area (Å²) in [7, 11) is 0. The maximum absolute atomic E-state index is 11.6. The van der Waals surface area contributed by atoms with E-state index in [1.54, 1.807) is 22.9 Å². The minimum absolute atomic E-state index is 0.0630. The van der Waals surface area contributed by atoms with Crippen LogP contribution >= 0.6 is 0 Å². The molecule has 0 spiro atoms. The first-order valence-corrected chi connectivity index (χ1v) is 4.69. The van der Waals surface area contributed by atoms with Crippen LogP contribution in [-0.4, -0.2) is 10.5 Å². The second-order valence-electron chi connectivity index (χ2n) is 3.61. The Hall–Kier alpha value is -1.80. The van der Waals surface area contributed by atoms with Crippen molar-refractivity contribution >= 4 is 5.91 Å². The molecule has 1 aromatic heterocycles. The van der Waals surface area contributed by atoms with E-state index in [9.17, 15) is 4.79 Å². The summed E-state index contributed by atoms with van der Waals surface area (Å²) in [5.41, 5.74) is 2.57. The van der Waals surface area contributed by atoms with E-state index in [0.29, 0.717) is 5.69 Å². The molecular formula is C10H14N4O. The normalized spacial score (nSPS) is 12.2. The summed E-state index contributed by atoms with van der Waals surface area (Å²) in [5, 5.41) is 8.86. The number of hydrogen-bond acceptors (Lipinski definition) is 3. The van der Waals surface area contributed by atoms with Crippen LogP contribution in [0.1, 0.15) is 25.6 Å². The molecule has 1 heterocycles. The summed E-state index contributed by atoms with van der Waals surface area (Å²) < 4.78 is 1.63. The predicted octanol–water partition coefficient (Wildman–Crippen LogP) is 0.547. The number of carbonyl (C=O) groups excluding carboxylic acids is 1. The minimum atomic E-state index is -0.445. The molecule has 0 saturated heterocycles. The molecule has 1 unspecified atom stereocenters. The van der Waals surface area contributed by atoms with Gasteiger partial charge in [-0.2, -0.15) is 5.26 Å². The topological polar surface area (TPSA) is 83.8 Å². The Morgan fingerprint density at radius 1 is 1.67 bits per heavy atom. The lowest BCUT2D eigenvalue weighted by Crippen LogP contribution is -2.39. The van der Waals surface area contributed by atoms with Gasteiger partial charge >= 0.3 is 0 Å². The van der Waals surface area contributed by atoms with E-state index in [2.05, 4.69) is 5.43 Å². The van der Waals surface area contributed by atoms with Crippen LogP contribution in [0.5, 0.6) is 0 Å². The lowest BCUT2D eigenvalue weighted by molar-refractivity contribution is -0.125. The van der Waals surface area contributed by atoms with E-state index < -0.39 is 6.04 Å². The van der Waals surface area contributed by atoms with Gasteiger partial charge in [0, 0.05) is 6.20 Å². The SMILES string of the molecule is CC(C)C(C(=O)NN)n1cccc1C#N. The minimum Gasteiger partial charge on any atom is -0.327 e. The number of carbonyl (C=O) groups is 1. The van der Waals surface area contributed by atoms with Gasteiger partial charge in [-0.05, 0) is 18.1 Å². The Balaban J connectivity index is 3.11. The lowest BCUT2D eigenvalue weighted by atomic mass is 10.0. The molecule has 1 atom stereocenters. The summed E-state index contributed by atoms with van der Waals surface area (Å²) >= 11 is 0. The van der Waals surface area contributed by atoms with Crippen LogP contribution < -0.4 is 11.3 Å². The van der Waals surface area contributed by atoms with Gasteiger partial charge in [-0.1, -0.05) is 13.8 Å². The average molecular weight is 206 g/mol. The molecule has 5 heteroatoms. The van der Waals surface area contributed by atoms with Gasteiger partial charge in [-0.25, -0.2) is 5.84 Å². The molecule has 3 N–H and O–H groups in total. The number of nitriles is 1. The average Bonchev–Trinajstić information content (AvgIpc) is 2.65. The van der Waals surface area contributed by atoms with Gasteiger partial charge in [0.25, 0.3) is 5.91 Å². The third-order valence-electron chi connectivity index (χ3n) is 2.24. The monoisotopic (exact) mass is 206 g/mol. The summed E-state index contributed by atoms with van der Waals surface area (Å²) in [4.78, 5) is 11.6. The molecule has 0 saturated carbocycles. The van der Waals surface area contributed by atoms with Crippen LogP contribution in [0, 0.1) is 17.2 Å². The molecule has 0 fully saturated rings. The first kappa shape index (κ1) is 11.3. The molecule has 0 radical (unpaired) electrons. The van der Waals surface area contributed by atoms with Crippen LogP contribution in [0.25, 0.3) is 0 Å².